The average Bonchev–Trinajstić information content (AvgIpc) is 3.57. The first-order valence-electron chi connectivity index (χ1n) is 10.9. The number of ether oxygens (including phenoxy) is 1. The molecule has 0 fully saturated rings. The molecule has 3 N–H and O–H groups in total. The maximum atomic E-state index is 12.7. The number of aromatic amines is 2. The van der Waals surface area contributed by atoms with Crippen molar-refractivity contribution >= 4 is 34.6 Å². The highest BCUT2D eigenvalue weighted by Crippen LogP contribution is 2.28. The van der Waals surface area contributed by atoms with Crippen molar-refractivity contribution in [1.29, 1.82) is 0 Å². The Bertz CT molecular complexity index is 1480. The van der Waals surface area contributed by atoms with E-state index in [1.165, 1.54) is 0 Å². The molecule has 170 valence electrons. The van der Waals surface area contributed by atoms with Gasteiger partial charge in [0.05, 0.1) is 35.1 Å². The van der Waals surface area contributed by atoms with E-state index in [1.54, 1.807) is 29.3 Å². The SMILES string of the molecule is CCn1nc(C)cc1C(=O)Nc1cccc(Oc2ccc3c(C=Cc4cnc[nH]4)n[nH]c3c2)c1. The standard InChI is InChI=1S/C25H23N7O2/c1-3-32-24(11-16(2)31-32)25(33)28-17-5-4-6-19(12-17)34-20-8-9-21-22(29-30-23(21)13-20)10-7-18-14-26-15-27-18/h4-15H,3H2,1-2H3,(H,26,27)(H,28,33)(H,29,30). The molecule has 0 radical (unpaired) electrons. The summed E-state index contributed by atoms with van der Waals surface area (Å²) in [6, 6.07) is 14.8. The highest BCUT2D eigenvalue weighted by molar-refractivity contribution is 6.03. The third kappa shape index (κ3) is 4.44. The van der Waals surface area contributed by atoms with Gasteiger partial charge in [-0.2, -0.15) is 10.2 Å². The van der Waals surface area contributed by atoms with Crippen LogP contribution in [0.25, 0.3) is 23.1 Å². The van der Waals surface area contributed by atoms with Gasteiger partial charge in [0.15, 0.2) is 0 Å². The second kappa shape index (κ2) is 9.07. The minimum atomic E-state index is -0.214. The predicted octanol–water partition coefficient (Wildman–Crippen LogP) is 5.03. The molecule has 9 nitrogen and oxygen atoms in total. The summed E-state index contributed by atoms with van der Waals surface area (Å²) in [6.07, 6.45) is 7.22. The van der Waals surface area contributed by atoms with Crippen molar-refractivity contribution in [1.82, 2.24) is 29.9 Å². The molecule has 3 heterocycles. The molecule has 34 heavy (non-hydrogen) atoms. The van der Waals surface area contributed by atoms with E-state index in [1.807, 2.05) is 62.4 Å². The normalized spacial score (nSPS) is 11.4. The van der Waals surface area contributed by atoms with Gasteiger partial charge in [0.25, 0.3) is 5.91 Å². The maximum Gasteiger partial charge on any atom is 0.273 e. The largest absolute Gasteiger partial charge is 0.457 e. The minimum absolute atomic E-state index is 0.214. The number of nitrogens with zero attached hydrogens (tertiary/aromatic N) is 4. The van der Waals surface area contributed by atoms with Crippen molar-refractivity contribution in [2.75, 3.05) is 5.32 Å². The highest BCUT2D eigenvalue weighted by atomic mass is 16.5. The Hall–Kier alpha value is -4.66. The molecule has 2 aromatic carbocycles. The Morgan fingerprint density at radius 1 is 1.15 bits per heavy atom. The fourth-order valence-electron chi connectivity index (χ4n) is 3.67. The molecular weight excluding hydrogens is 430 g/mol. The number of carbonyl (C=O) groups excluding carboxylic acids is 1. The third-order valence-corrected chi connectivity index (χ3v) is 5.27. The number of benzene rings is 2. The molecule has 0 aliphatic carbocycles. The van der Waals surface area contributed by atoms with Crippen molar-refractivity contribution < 1.29 is 9.53 Å². The van der Waals surface area contributed by atoms with Gasteiger partial charge >= 0.3 is 0 Å². The van der Waals surface area contributed by atoms with Gasteiger partial charge < -0.3 is 15.0 Å². The number of nitrogens with one attached hydrogen (secondary N) is 3. The molecule has 0 saturated heterocycles. The van der Waals surface area contributed by atoms with Gasteiger partial charge in [-0.1, -0.05) is 6.07 Å². The molecule has 5 rings (SSSR count). The van der Waals surface area contributed by atoms with Crippen molar-refractivity contribution in [2.24, 2.45) is 0 Å². The molecule has 0 atom stereocenters. The van der Waals surface area contributed by atoms with Crippen LogP contribution in [0.2, 0.25) is 0 Å². The van der Waals surface area contributed by atoms with Gasteiger partial charge in [-0.05, 0) is 56.3 Å². The molecule has 0 saturated carbocycles. The maximum absolute atomic E-state index is 12.7. The molecule has 3 aromatic heterocycles. The van der Waals surface area contributed by atoms with E-state index in [0.29, 0.717) is 29.4 Å². The lowest BCUT2D eigenvalue weighted by Crippen LogP contribution is -2.17. The van der Waals surface area contributed by atoms with Gasteiger partial charge in [0, 0.05) is 29.8 Å². The Balaban J connectivity index is 1.31. The van der Waals surface area contributed by atoms with Gasteiger partial charge in [-0.15, -0.1) is 0 Å². The van der Waals surface area contributed by atoms with Crippen molar-refractivity contribution in [3.05, 3.63) is 83.8 Å². The summed E-state index contributed by atoms with van der Waals surface area (Å²) >= 11 is 0. The van der Waals surface area contributed by atoms with E-state index in [0.717, 1.165) is 28.0 Å². The van der Waals surface area contributed by atoms with Crippen molar-refractivity contribution in [2.45, 2.75) is 20.4 Å². The van der Waals surface area contributed by atoms with E-state index in [2.05, 4.69) is 30.6 Å². The van der Waals surface area contributed by atoms with Crippen LogP contribution in [0.5, 0.6) is 11.5 Å². The molecule has 0 spiro atoms. The molecule has 5 aromatic rings. The number of imidazole rings is 1. The van der Waals surface area contributed by atoms with Gasteiger partial charge in [-0.3, -0.25) is 14.6 Å². The van der Waals surface area contributed by atoms with Crippen LogP contribution in [0.1, 0.15) is 34.5 Å². The lowest BCUT2D eigenvalue weighted by Gasteiger charge is -2.10. The van der Waals surface area contributed by atoms with E-state index in [9.17, 15) is 4.79 Å². The zero-order valence-corrected chi connectivity index (χ0v) is 18.7. The second-order valence-electron chi connectivity index (χ2n) is 7.73. The summed E-state index contributed by atoms with van der Waals surface area (Å²) in [6.45, 7) is 4.44. The molecular formula is C25H23N7O2. The summed E-state index contributed by atoms with van der Waals surface area (Å²) in [7, 11) is 0. The molecule has 0 aliphatic rings. The smallest absolute Gasteiger partial charge is 0.273 e. The van der Waals surface area contributed by atoms with Crippen molar-refractivity contribution in [3.8, 4) is 11.5 Å². The van der Waals surface area contributed by atoms with E-state index in [4.69, 9.17) is 4.74 Å². The molecule has 9 heteroatoms. The van der Waals surface area contributed by atoms with Crippen LogP contribution in [0.15, 0.2) is 61.1 Å². The number of anilines is 1. The van der Waals surface area contributed by atoms with Crippen molar-refractivity contribution in [3.63, 3.8) is 0 Å². The van der Waals surface area contributed by atoms with Crippen LogP contribution in [-0.2, 0) is 6.54 Å². The number of amides is 1. The van der Waals surface area contributed by atoms with Crippen LogP contribution in [0.4, 0.5) is 5.69 Å². The third-order valence-electron chi connectivity index (χ3n) is 5.27. The lowest BCUT2D eigenvalue weighted by atomic mass is 10.2. The van der Waals surface area contributed by atoms with Crippen LogP contribution in [-0.4, -0.2) is 35.9 Å². The highest BCUT2D eigenvalue weighted by Gasteiger charge is 2.14. The fourth-order valence-corrected chi connectivity index (χ4v) is 3.67. The molecule has 0 bridgehead atoms. The Kier molecular flexibility index (Phi) is 5.65. The van der Waals surface area contributed by atoms with E-state index in [-0.39, 0.29) is 5.91 Å². The van der Waals surface area contributed by atoms with Gasteiger partial charge in [0.1, 0.15) is 17.2 Å². The molecule has 0 unspecified atom stereocenters. The number of H-pyrrole nitrogens is 2. The topological polar surface area (TPSA) is 114 Å². The number of aromatic nitrogens is 6. The first kappa shape index (κ1) is 21.2. The zero-order valence-electron chi connectivity index (χ0n) is 18.7. The summed E-state index contributed by atoms with van der Waals surface area (Å²) < 4.78 is 7.73. The monoisotopic (exact) mass is 453 g/mol. The summed E-state index contributed by atoms with van der Waals surface area (Å²) in [4.78, 5) is 19.8. The van der Waals surface area contributed by atoms with E-state index >= 15 is 0 Å². The summed E-state index contributed by atoms with van der Waals surface area (Å²) in [5.41, 5.74) is 4.54. The van der Waals surface area contributed by atoms with Crippen LogP contribution < -0.4 is 10.1 Å². The van der Waals surface area contributed by atoms with Crippen LogP contribution >= 0.6 is 0 Å². The predicted molar refractivity (Wildman–Crippen MR) is 131 cm³/mol. The lowest BCUT2D eigenvalue weighted by molar-refractivity contribution is 0.101. The quantitative estimate of drug-likeness (QED) is 0.320. The zero-order chi connectivity index (χ0) is 23.5. The van der Waals surface area contributed by atoms with Gasteiger partial charge in [-0.25, -0.2) is 4.98 Å². The number of carbonyl (C=O) groups is 1. The average molecular weight is 454 g/mol. The number of aryl methyl sites for hydroxylation is 2. The molecule has 0 aliphatic heterocycles. The first-order chi connectivity index (χ1) is 16.6. The molecule has 1 amide bonds. The number of rotatable bonds is 7. The Morgan fingerprint density at radius 2 is 2.03 bits per heavy atom. The Labute approximate surface area is 195 Å². The summed E-state index contributed by atoms with van der Waals surface area (Å²) in [5, 5.41) is 15.6. The van der Waals surface area contributed by atoms with Gasteiger partial charge in [0.2, 0.25) is 0 Å². The Morgan fingerprint density at radius 3 is 2.85 bits per heavy atom. The number of fused-ring (bicyclic) bond motifs is 1. The number of hydrogen-bond donors (Lipinski definition) is 3. The summed E-state index contributed by atoms with van der Waals surface area (Å²) in [5.74, 6) is 1.05. The minimum Gasteiger partial charge on any atom is -0.457 e. The van der Waals surface area contributed by atoms with Crippen LogP contribution in [0, 0.1) is 6.92 Å². The second-order valence-corrected chi connectivity index (χ2v) is 7.73. The van der Waals surface area contributed by atoms with E-state index < -0.39 is 0 Å². The number of hydrogen-bond acceptors (Lipinski definition) is 5. The first-order valence-corrected chi connectivity index (χ1v) is 10.9. The fraction of sp³-hybridized carbons (Fsp3) is 0.120. The van der Waals surface area contributed by atoms with Crippen LogP contribution in [0.3, 0.4) is 0 Å².